The summed E-state index contributed by atoms with van der Waals surface area (Å²) in [6.45, 7) is 3.88. The van der Waals surface area contributed by atoms with E-state index in [-0.39, 0.29) is 0 Å². The lowest BCUT2D eigenvalue weighted by molar-refractivity contribution is 0.0865. The topological polar surface area (TPSA) is 35.5 Å². The fourth-order valence-electron chi connectivity index (χ4n) is 3.33. The smallest absolute Gasteiger partial charge is 0.0916 e. The van der Waals surface area contributed by atoms with Crippen LogP contribution in [0.4, 0.5) is 5.69 Å². The van der Waals surface area contributed by atoms with Crippen LogP contribution >= 0.6 is 0 Å². The quantitative estimate of drug-likeness (QED) is 0.856. The molecule has 1 aliphatic rings. The molecule has 2 aromatic carbocycles. The Balaban J connectivity index is 1.48. The second-order valence-electron chi connectivity index (χ2n) is 6.44. The monoisotopic (exact) mass is 310 g/mol. The number of nitrogens with zero attached hydrogens (tertiary/aromatic N) is 1. The minimum Gasteiger partial charge on any atom is -0.387 e. The Bertz CT molecular complexity index is 573. The molecule has 3 nitrogen and oxygen atoms in total. The molecule has 2 unspecified atom stereocenters. The van der Waals surface area contributed by atoms with E-state index in [2.05, 4.69) is 34.5 Å². The Kier molecular flexibility index (Phi) is 5.67. The molecule has 122 valence electrons. The van der Waals surface area contributed by atoms with Crippen molar-refractivity contribution < 1.29 is 5.11 Å². The molecule has 0 aromatic heterocycles. The number of hydrogen-bond acceptors (Lipinski definition) is 3. The van der Waals surface area contributed by atoms with Crippen molar-refractivity contribution >= 4 is 5.69 Å². The number of aliphatic hydroxyl groups is 1. The Morgan fingerprint density at radius 1 is 1.04 bits per heavy atom. The van der Waals surface area contributed by atoms with Gasteiger partial charge >= 0.3 is 0 Å². The predicted molar refractivity (Wildman–Crippen MR) is 95.5 cm³/mol. The zero-order valence-corrected chi connectivity index (χ0v) is 13.6. The van der Waals surface area contributed by atoms with E-state index in [4.69, 9.17) is 0 Å². The molecule has 0 aliphatic carbocycles. The van der Waals surface area contributed by atoms with Gasteiger partial charge in [-0.2, -0.15) is 0 Å². The van der Waals surface area contributed by atoms with Gasteiger partial charge in [-0.1, -0.05) is 48.5 Å². The van der Waals surface area contributed by atoms with Crippen molar-refractivity contribution in [2.75, 3.05) is 31.5 Å². The van der Waals surface area contributed by atoms with Gasteiger partial charge < -0.3 is 15.3 Å². The van der Waals surface area contributed by atoms with Crippen LogP contribution < -0.4 is 5.32 Å². The Morgan fingerprint density at radius 3 is 2.48 bits per heavy atom. The molecule has 3 heteroatoms. The molecule has 1 aliphatic heterocycles. The number of nitrogens with one attached hydrogen (secondary N) is 1. The fourth-order valence-corrected chi connectivity index (χ4v) is 3.33. The van der Waals surface area contributed by atoms with Crippen LogP contribution in [0.3, 0.4) is 0 Å². The molecule has 2 aromatic rings. The molecule has 3 rings (SSSR count). The summed E-state index contributed by atoms with van der Waals surface area (Å²) in [6, 6.07) is 20.4. The van der Waals surface area contributed by atoms with Gasteiger partial charge in [0.25, 0.3) is 0 Å². The Morgan fingerprint density at radius 2 is 1.74 bits per heavy atom. The lowest BCUT2D eigenvalue weighted by Crippen LogP contribution is -2.40. The maximum absolute atomic E-state index is 10.4. The summed E-state index contributed by atoms with van der Waals surface area (Å²) >= 11 is 0. The first kappa shape index (κ1) is 16.0. The van der Waals surface area contributed by atoms with Gasteiger partial charge in [0.15, 0.2) is 0 Å². The number of benzene rings is 2. The second kappa shape index (κ2) is 8.14. The summed E-state index contributed by atoms with van der Waals surface area (Å²) in [7, 11) is 0. The third kappa shape index (κ3) is 4.81. The molecular weight excluding hydrogens is 284 g/mol. The fraction of sp³-hybridized carbons (Fsp3) is 0.400. The first-order chi connectivity index (χ1) is 11.3. The van der Waals surface area contributed by atoms with Crippen molar-refractivity contribution in [3.8, 4) is 0 Å². The average Bonchev–Trinajstić information content (AvgIpc) is 2.62. The summed E-state index contributed by atoms with van der Waals surface area (Å²) in [5.41, 5.74) is 2.20. The number of para-hydroxylation sites is 1. The van der Waals surface area contributed by atoms with E-state index in [1.54, 1.807) is 0 Å². The molecule has 0 amide bonds. The van der Waals surface area contributed by atoms with Crippen molar-refractivity contribution in [1.82, 2.24) is 4.90 Å². The van der Waals surface area contributed by atoms with Gasteiger partial charge in [0.05, 0.1) is 6.10 Å². The molecule has 2 N–H and O–H groups in total. The molecular formula is C20H26N2O. The molecule has 0 radical (unpaired) electrons. The maximum Gasteiger partial charge on any atom is 0.0916 e. The van der Waals surface area contributed by atoms with Crippen LogP contribution in [0.25, 0.3) is 0 Å². The third-order valence-electron chi connectivity index (χ3n) is 4.59. The molecule has 1 heterocycles. The zero-order valence-electron chi connectivity index (χ0n) is 13.6. The van der Waals surface area contributed by atoms with Gasteiger partial charge in [-0.05, 0) is 43.0 Å². The zero-order chi connectivity index (χ0) is 15.9. The Hall–Kier alpha value is -1.84. The minimum absolute atomic E-state index is 0.392. The first-order valence-corrected chi connectivity index (χ1v) is 8.55. The lowest BCUT2D eigenvalue weighted by Gasteiger charge is -2.34. The summed E-state index contributed by atoms with van der Waals surface area (Å²) in [5.74, 6) is 0.645. The molecule has 0 bridgehead atoms. The standard InChI is InChI=1S/C20H26N2O/c23-20(18-9-3-1-4-10-18)16-22-13-7-8-17(15-22)14-21-19-11-5-2-6-12-19/h1-6,9-12,17,20-21,23H,7-8,13-16H2. The highest BCUT2D eigenvalue weighted by Gasteiger charge is 2.22. The number of rotatable bonds is 6. The van der Waals surface area contributed by atoms with E-state index in [1.165, 1.54) is 18.5 Å². The van der Waals surface area contributed by atoms with Gasteiger partial charge in [0.1, 0.15) is 0 Å². The summed E-state index contributed by atoms with van der Waals surface area (Å²) in [6.07, 6.45) is 2.08. The van der Waals surface area contributed by atoms with E-state index >= 15 is 0 Å². The number of piperidine rings is 1. The second-order valence-corrected chi connectivity index (χ2v) is 6.44. The summed E-state index contributed by atoms with van der Waals surface area (Å²) in [5, 5.41) is 13.9. The van der Waals surface area contributed by atoms with E-state index < -0.39 is 6.10 Å². The van der Waals surface area contributed by atoms with Crippen molar-refractivity contribution in [1.29, 1.82) is 0 Å². The van der Waals surface area contributed by atoms with E-state index in [9.17, 15) is 5.11 Å². The van der Waals surface area contributed by atoms with Gasteiger partial charge in [0.2, 0.25) is 0 Å². The maximum atomic E-state index is 10.4. The molecule has 0 saturated carbocycles. The van der Waals surface area contributed by atoms with Crippen molar-refractivity contribution in [3.63, 3.8) is 0 Å². The van der Waals surface area contributed by atoms with Crippen LogP contribution in [-0.2, 0) is 0 Å². The molecule has 0 spiro atoms. The number of β-amino-alcohol motifs (C(OH)–C–C–N with tert-alkyl or cyclic N) is 1. The normalized spacial score (nSPS) is 20.1. The minimum atomic E-state index is -0.392. The number of aliphatic hydroxyl groups excluding tert-OH is 1. The SMILES string of the molecule is OC(CN1CCCC(CNc2ccccc2)C1)c1ccccc1. The highest BCUT2D eigenvalue weighted by Crippen LogP contribution is 2.21. The predicted octanol–water partition coefficient (Wildman–Crippen LogP) is 3.54. The number of anilines is 1. The Labute approximate surface area is 139 Å². The van der Waals surface area contributed by atoms with Crippen LogP contribution in [0.5, 0.6) is 0 Å². The van der Waals surface area contributed by atoms with Gasteiger partial charge in [-0.15, -0.1) is 0 Å². The van der Waals surface area contributed by atoms with E-state index in [0.717, 1.165) is 31.7 Å². The van der Waals surface area contributed by atoms with Gasteiger partial charge in [-0.25, -0.2) is 0 Å². The van der Waals surface area contributed by atoms with Crippen molar-refractivity contribution in [3.05, 3.63) is 66.2 Å². The molecule has 23 heavy (non-hydrogen) atoms. The summed E-state index contributed by atoms with van der Waals surface area (Å²) < 4.78 is 0. The molecule has 2 atom stereocenters. The van der Waals surface area contributed by atoms with E-state index in [1.807, 2.05) is 36.4 Å². The highest BCUT2D eigenvalue weighted by atomic mass is 16.3. The van der Waals surface area contributed by atoms with Crippen LogP contribution in [0.1, 0.15) is 24.5 Å². The number of hydrogen-bond donors (Lipinski definition) is 2. The van der Waals surface area contributed by atoms with Crippen LogP contribution in [0, 0.1) is 5.92 Å². The van der Waals surface area contributed by atoms with Crippen molar-refractivity contribution in [2.24, 2.45) is 5.92 Å². The van der Waals surface area contributed by atoms with E-state index in [0.29, 0.717) is 5.92 Å². The van der Waals surface area contributed by atoms with Crippen LogP contribution in [0.2, 0.25) is 0 Å². The average molecular weight is 310 g/mol. The largest absolute Gasteiger partial charge is 0.387 e. The van der Waals surface area contributed by atoms with Gasteiger partial charge in [0, 0.05) is 25.3 Å². The summed E-state index contributed by atoms with van der Waals surface area (Å²) in [4.78, 5) is 2.40. The van der Waals surface area contributed by atoms with Crippen LogP contribution in [0.15, 0.2) is 60.7 Å². The van der Waals surface area contributed by atoms with Crippen molar-refractivity contribution in [2.45, 2.75) is 18.9 Å². The molecule has 1 fully saturated rings. The lowest BCUT2D eigenvalue weighted by atomic mass is 9.97. The molecule has 1 saturated heterocycles. The number of likely N-dealkylation sites (tertiary alicyclic amines) is 1. The van der Waals surface area contributed by atoms with Gasteiger partial charge in [-0.3, -0.25) is 0 Å². The van der Waals surface area contributed by atoms with Crippen LogP contribution in [-0.4, -0.2) is 36.2 Å². The third-order valence-corrected chi connectivity index (χ3v) is 4.59. The highest BCUT2D eigenvalue weighted by molar-refractivity contribution is 5.42. The first-order valence-electron chi connectivity index (χ1n) is 8.55.